The molecule has 0 saturated heterocycles. The largest absolute Gasteiger partial charge is 0.382 e. The Balaban J connectivity index is 2.11. The minimum atomic E-state index is -3.38. The number of nitrogens with two attached hydrogens (primary N) is 1. The number of carbonyl (C=O) groups excluding carboxylic acids is 1. The molecule has 2 aromatic rings. The summed E-state index contributed by atoms with van der Waals surface area (Å²) in [5, 5.41) is 2.72. The molecule has 0 aliphatic rings. The first-order valence-corrected chi connectivity index (χ1v) is 8.39. The van der Waals surface area contributed by atoms with Crippen molar-refractivity contribution in [2.24, 2.45) is 0 Å². The normalized spacial score (nSPS) is 11.2. The summed E-state index contributed by atoms with van der Waals surface area (Å²) in [5.74, 6) is -0.445. The van der Waals surface area contributed by atoms with Crippen molar-refractivity contribution in [2.75, 3.05) is 12.0 Å². The van der Waals surface area contributed by atoms with Gasteiger partial charge in [-0.1, -0.05) is 17.7 Å². The van der Waals surface area contributed by atoms with Gasteiger partial charge < -0.3 is 11.1 Å². The van der Waals surface area contributed by atoms with Crippen molar-refractivity contribution < 1.29 is 13.2 Å². The fourth-order valence-corrected chi connectivity index (χ4v) is 3.10. The molecule has 7 nitrogen and oxygen atoms in total. The van der Waals surface area contributed by atoms with Crippen LogP contribution in [0.5, 0.6) is 0 Å². The predicted molar refractivity (Wildman–Crippen MR) is 82.2 cm³/mol. The summed E-state index contributed by atoms with van der Waals surface area (Å²) >= 11 is 5.94. The van der Waals surface area contributed by atoms with Crippen LogP contribution in [-0.4, -0.2) is 30.5 Å². The summed E-state index contributed by atoms with van der Waals surface area (Å²) in [6.07, 6.45) is 3.82. The zero-order valence-electron chi connectivity index (χ0n) is 11.6. The van der Waals surface area contributed by atoms with Gasteiger partial charge in [0.25, 0.3) is 5.91 Å². The van der Waals surface area contributed by atoms with Crippen molar-refractivity contribution in [3.05, 3.63) is 46.9 Å². The zero-order valence-corrected chi connectivity index (χ0v) is 13.1. The molecule has 0 radical (unpaired) electrons. The van der Waals surface area contributed by atoms with Gasteiger partial charge in [0, 0.05) is 25.2 Å². The second-order valence-corrected chi connectivity index (χ2v) is 6.90. The number of anilines is 1. The molecule has 1 heterocycles. The summed E-state index contributed by atoms with van der Waals surface area (Å²) in [7, 11) is -3.38. The lowest BCUT2D eigenvalue weighted by atomic mass is 10.2. The van der Waals surface area contributed by atoms with Crippen molar-refractivity contribution >= 4 is 33.2 Å². The van der Waals surface area contributed by atoms with Gasteiger partial charge in [0.15, 0.2) is 21.3 Å². The molecule has 0 fully saturated rings. The zero-order chi connectivity index (χ0) is 16.3. The van der Waals surface area contributed by atoms with Crippen LogP contribution in [0.25, 0.3) is 0 Å². The summed E-state index contributed by atoms with van der Waals surface area (Å²) in [4.78, 5) is 19.6. The number of benzene rings is 1. The van der Waals surface area contributed by atoms with Crippen molar-refractivity contribution in [1.29, 1.82) is 0 Å². The van der Waals surface area contributed by atoms with Gasteiger partial charge in [0.2, 0.25) is 0 Å². The topological polar surface area (TPSA) is 115 Å². The van der Waals surface area contributed by atoms with E-state index in [-0.39, 0.29) is 28.0 Å². The van der Waals surface area contributed by atoms with Crippen molar-refractivity contribution in [2.45, 2.75) is 11.4 Å². The first-order valence-electron chi connectivity index (χ1n) is 6.12. The van der Waals surface area contributed by atoms with Crippen LogP contribution >= 0.6 is 11.6 Å². The quantitative estimate of drug-likeness (QED) is 0.859. The van der Waals surface area contributed by atoms with E-state index in [2.05, 4.69) is 15.3 Å². The third-order valence-corrected chi connectivity index (χ3v) is 4.37. The molecule has 1 aromatic carbocycles. The molecule has 0 aliphatic carbocycles. The second-order valence-electron chi connectivity index (χ2n) is 4.51. The van der Waals surface area contributed by atoms with Crippen LogP contribution in [0.4, 0.5) is 5.82 Å². The molecule has 9 heteroatoms. The first kappa shape index (κ1) is 16.2. The lowest BCUT2D eigenvalue weighted by Crippen LogP contribution is -2.25. The average Bonchev–Trinajstić information content (AvgIpc) is 2.44. The van der Waals surface area contributed by atoms with Gasteiger partial charge in [0.05, 0.1) is 9.92 Å². The lowest BCUT2D eigenvalue weighted by Gasteiger charge is -2.08. The fourth-order valence-electron chi connectivity index (χ4n) is 1.74. The molecule has 116 valence electrons. The van der Waals surface area contributed by atoms with E-state index in [1.165, 1.54) is 24.5 Å². The van der Waals surface area contributed by atoms with Crippen LogP contribution in [0.3, 0.4) is 0 Å². The smallest absolute Gasteiger partial charge is 0.273 e. The number of rotatable bonds is 4. The van der Waals surface area contributed by atoms with Gasteiger partial charge in [-0.15, -0.1) is 0 Å². The number of halogens is 1. The summed E-state index contributed by atoms with van der Waals surface area (Å²) < 4.78 is 22.9. The number of hydrogen-bond acceptors (Lipinski definition) is 6. The monoisotopic (exact) mass is 340 g/mol. The number of carbonyl (C=O) groups is 1. The average molecular weight is 341 g/mol. The maximum Gasteiger partial charge on any atom is 0.273 e. The van der Waals surface area contributed by atoms with Crippen LogP contribution in [0.2, 0.25) is 5.02 Å². The number of nitrogen functional groups attached to an aromatic ring is 1. The highest BCUT2D eigenvalue weighted by Gasteiger charge is 2.14. The van der Waals surface area contributed by atoms with E-state index in [0.29, 0.717) is 5.56 Å². The molecule has 0 atom stereocenters. The van der Waals surface area contributed by atoms with Crippen molar-refractivity contribution in [1.82, 2.24) is 15.3 Å². The van der Waals surface area contributed by atoms with Gasteiger partial charge in [-0.3, -0.25) is 4.79 Å². The van der Waals surface area contributed by atoms with E-state index in [0.717, 1.165) is 6.26 Å². The first-order chi connectivity index (χ1) is 10.3. The highest BCUT2D eigenvalue weighted by atomic mass is 35.5. The maximum absolute atomic E-state index is 11.9. The van der Waals surface area contributed by atoms with Gasteiger partial charge in [-0.2, -0.15) is 0 Å². The van der Waals surface area contributed by atoms with E-state index in [4.69, 9.17) is 17.3 Å². The summed E-state index contributed by atoms with van der Waals surface area (Å²) in [5.41, 5.74) is 6.24. The molecule has 0 unspecified atom stereocenters. The van der Waals surface area contributed by atoms with Gasteiger partial charge >= 0.3 is 0 Å². The second kappa shape index (κ2) is 6.29. The third kappa shape index (κ3) is 3.71. The highest BCUT2D eigenvalue weighted by Crippen LogP contribution is 2.22. The Hall–Kier alpha value is -2.19. The lowest BCUT2D eigenvalue weighted by molar-refractivity contribution is 0.0946. The molecule has 0 aliphatic heterocycles. The predicted octanol–water partition coefficient (Wildman–Crippen LogP) is 1.05. The van der Waals surface area contributed by atoms with Gasteiger partial charge in [0.1, 0.15) is 0 Å². The van der Waals surface area contributed by atoms with Crippen LogP contribution < -0.4 is 11.1 Å². The van der Waals surface area contributed by atoms with E-state index in [1.54, 1.807) is 6.07 Å². The molecule has 22 heavy (non-hydrogen) atoms. The van der Waals surface area contributed by atoms with E-state index < -0.39 is 15.7 Å². The minimum Gasteiger partial charge on any atom is -0.382 e. The van der Waals surface area contributed by atoms with Crippen LogP contribution in [0, 0.1) is 0 Å². The van der Waals surface area contributed by atoms with Crippen molar-refractivity contribution in [3.8, 4) is 0 Å². The Bertz CT molecular complexity index is 824. The standard InChI is InChI=1S/C13H13ClN4O3S/c1-22(20,21)10-3-2-8(6-9(10)14)7-18-13(19)11-12(15)17-5-4-16-11/h2-6H,7H2,1H3,(H2,15,17)(H,18,19). The molecule has 0 bridgehead atoms. The molecule has 2 rings (SSSR count). The SMILES string of the molecule is CS(=O)(=O)c1ccc(CNC(=O)c2nccnc2N)cc1Cl. The Morgan fingerprint density at radius 1 is 1.32 bits per heavy atom. The van der Waals surface area contributed by atoms with Gasteiger partial charge in [-0.25, -0.2) is 18.4 Å². The number of aromatic nitrogens is 2. The van der Waals surface area contributed by atoms with Crippen LogP contribution in [-0.2, 0) is 16.4 Å². The molecule has 0 saturated carbocycles. The Morgan fingerprint density at radius 3 is 2.59 bits per heavy atom. The molecule has 0 spiro atoms. The Labute approximate surface area is 132 Å². The third-order valence-electron chi connectivity index (χ3n) is 2.79. The van der Waals surface area contributed by atoms with Crippen molar-refractivity contribution in [3.63, 3.8) is 0 Å². The molecular formula is C13H13ClN4O3S. The minimum absolute atomic E-state index is 0.0290. The Morgan fingerprint density at radius 2 is 2.00 bits per heavy atom. The maximum atomic E-state index is 11.9. The number of nitrogens with zero attached hydrogens (tertiary/aromatic N) is 2. The number of nitrogens with one attached hydrogen (secondary N) is 1. The highest BCUT2D eigenvalue weighted by molar-refractivity contribution is 7.90. The van der Waals surface area contributed by atoms with E-state index in [9.17, 15) is 13.2 Å². The molecule has 1 amide bonds. The molecular weight excluding hydrogens is 328 g/mol. The summed E-state index contributed by atoms with van der Waals surface area (Å²) in [6, 6.07) is 4.46. The molecule has 3 N–H and O–H groups in total. The number of hydrogen-bond donors (Lipinski definition) is 2. The van der Waals surface area contributed by atoms with Crippen LogP contribution in [0.1, 0.15) is 16.1 Å². The van der Waals surface area contributed by atoms with E-state index in [1.807, 2.05) is 0 Å². The fraction of sp³-hybridized carbons (Fsp3) is 0.154. The Kier molecular flexibility index (Phi) is 4.62. The van der Waals surface area contributed by atoms with Crippen LogP contribution in [0.15, 0.2) is 35.5 Å². The summed E-state index contributed by atoms with van der Waals surface area (Å²) in [6.45, 7) is 0.151. The number of amides is 1. The molecule has 1 aromatic heterocycles. The number of sulfone groups is 1. The van der Waals surface area contributed by atoms with E-state index >= 15 is 0 Å². The van der Waals surface area contributed by atoms with Gasteiger partial charge in [-0.05, 0) is 17.7 Å².